The molecular formula is C30H31F15O7. The highest BCUT2D eigenvalue weighted by molar-refractivity contribution is 5.82. The van der Waals surface area contributed by atoms with Crippen molar-refractivity contribution >= 4 is 11.9 Å². The van der Waals surface area contributed by atoms with Gasteiger partial charge in [0.2, 0.25) is 23.3 Å². The predicted molar refractivity (Wildman–Crippen MR) is 150 cm³/mol. The minimum atomic E-state index is -7.09. The molecule has 2 atom stereocenters. The third-order valence-electron chi connectivity index (χ3n) is 5.95. The van der Waals surface area contributed by atoms with Crippen molar-refractivity contribution in [1.82, 2.24) is 0 Å². The van der Waals surface area contributed by atoms with E-state index in [1.807, 2.05) is 0 Å². The van der Waals surface area contributed by atoms with E-state index in [4.69, 9.17) is 18.9 Å². The zero-order valence-electron chi connectivity index (χ0n) is 26.7. The van der Waals surface area contributed by atoms with Crippen LogP contribution in [-0.2, 0) is 33.3 Å². The van der Waals surface area contributed by atoms with E-state index < -0.39 is 109 Å². The van der Waals surface area contributed by atoms with Crippen LogP contribution in [0.15, 0.2) is 71.9 Å². The van der Waals surface area contributed by atoms with Gasteiger partial charge in [0.05, 0.1) is 13.2 Å². The molecule has 22 heteroatoms. The fraction of sp³-hybridized carbons (Fsp3) is 0.533. The van der Waals surface area contributed by atoms with Crippen molar-refractivity contribution in [2.45, 2.75) is 56.2 Å². The van der Waals surface area contributed by atoms with Crippen molar-refractivity contribution < 1.29 is 99.1 Å². The Bertz CT molecular complexity index is 1340. The summed E-state index contributed by atoms with van der Waals surface area (Å²) >= 11 is 0. The van der Waals surface area contributed by atoms with Crippen molar-refractivity contribution in [3.05, 3.63) is 71.9 Å². The van der Waals surface area contributed by atoms with Crippen LogP contribution in [0, 0.1) is 0 Å². The second kappa shape index (κ2) is 23.0. The highest BCUT2D eigenvalue weighted by Crippen LogP contribution is 2.51. The topological polar surface area (TPSA) is 80.3 Å². The van der Waals surface area contributed by atoms with Crippen molar-refractivity contribution in [3.63, 3.8) is 0 Å². The molecule has 0 amide bonds. The SMILES string of the molecule is C=CC(=O)OCC(COCCCCCCOCCCOC(F)(/C(F)=C(F)/C(F)=C(F)/C(F)=C(F)/C(F)=C(\F)CF)C(F)(F)C(F)(F)F)OC(=O)C=C. The number of carbonyl (C=O) groups excluding carboxylic acids is 2. The van der Waals surface area contributed by atoms with Crippen molar-refractivity contribution in [2.75, 3.05) is 46.3 Å². The summed E-state index contributed by atoms with van der Waals surface area (Å²) < 4.78 is 226. The van der Waals surface area contributed by atoms with Crippen LogP contribution in [0.1, 0.15) is 32.1 Å². The maximum Gasteiger partial charge on any atom is 0.460 e. The Morgan fingerprint density at radius 3 is 1.58 bits per heavy atom. The van der Waals surface area contributed by atoms with E-state index in [2.05, 4.69) is 17.9 Å². The van der Waals surface area contributed by atoms with Gasteiger partial charge in [0.25, 0.3) is 0 Å². The Kier molecular flexibility index (Phi) is 21.3. The summed E-state index contributed by atoms with van der Waals surface area (Å²) in [4.78, 5) is 22.6. The second-order valence-corrected chi connectivity index (χ2v) is 9.80. The third kappa shape index (κ3) is 14.7. The van der Waals surface area contributed by atoms with E-state index >= 15 is 0 Å². The molecular weight excluding hydrogens is 757 g/mol. The van der Waals surface area contributed by atoms with Gasteiger partial charge < -0.3 is 23.7 Å². The molecule has 0 rings (SSSR count). The van der Waals surface area contributed by atoms with E-state index in [1.54, 1.807) is 0 Å². The summed E-state index contributed by atoms with van der Waals surface area (Å²) in [5.74, 6) is -43.5. The van der Waals surface area contributed by atoms with Gasteiger partial charge in [-0.05, 0) is 19.3 Å². The number of hydrogen-bond donors (Lipinski definition) is 0. The lowest BCUT2D eigenvalue weighted by atomic mass is 10.1. The number of hydrogen-bond acceptors (Lipinski definition) is 7. The summed E-state index contributed by atoms with van der Waals surface area (Å²) in [6.07, 6.45) is -5.25. The van der Waals surface area contributed by atoms with Crippen LogP contribution >= 0.6 is 0 Å². The molecule has 0 saturated heterocycles. The molecule has 7 nitrogen and oxygen atoms in total. The van der Waals surface area contributed by atoms with Gasteiger partial charge in [-0.15, -0.1) is 0 Å². The standard InChI is InChI=1S/C30H31F15O7/c1-3-19(46)50-16-17(52-20(47)4-2)15-49-11-8-6-5-7-10-48-12-9-13-51-28(40,29(41,42)30(43,44)45)27(39)26(38)25(37)24(36)23(35)22(34)21(33)18(32)14-31/h3-4,17H,1-2,5-16H2/b21-18+,23-22+,25-24+,27-26+. The number of ether oxygens (including phenoxy) is 5. The number of rotatable bonds is 25. The fourth-order valence-corrected chi connectivity index (χ4v) is 3.29. The van der Waals surface area contributed by atoms with Gasteiger partial charge in [0.1, 0.15) is 13.3 Å². The summed E-state index contributed by atoms with van der Waals surface area (Å²) in [5.41, 5.74) is 0. The average Bonchev–Trinajstić information content (AvgIpc) is 3.11. The van der Waals surface area contributed by atoms with Crippen LogP contribution in [0.2, 0.25) is 0 Å². The molecule has 0 radical (unpaired) electrons. The van der Waals surface area contributed by atoms with Crippen LogP contribution in [0.3, 0.4) is 0 Å². The van der Waals surface area contributed by atoms with E-state index in [-0.39, 0.29) is 26.4 Å². The molecule has 0 aliphatic carbocycles. The molecule has 0 fully saturated rings. The van der Waals surface area contributed by atoms with Crippen molar-refractivity contribution in [3.8, 4) is 0 Å². The van der Waals surface area contributed by atoms with Gasteiger partial charge in [0, 0.05) is 32.0 Å². The summed E-state index contributed by atoms with van der Waals surface area (Å²) in [7, 11) is 0. The first kappa shape index (κ1) is 48.2. The molecule has 0 aliphatic rings. The first-order valence-corrected chi connectivity index (χ1v) is 14.5. The number of allylic oxidation sites excluding steroid dienone is 7. The van der Waals surface area contributed by atoms with E-state index in [0.29, 0.717) is 25.7 Å². The lowest BCUT2D eigenvalue weighted by molar-refractivity contribution is -0.375. The Labute approximate surface area is 286 Å². The van der Waals surface area contributed by atoms with Crippen LogP contribution in [0.4, 0.5) is 65.9 Å². The number of carbonyl (C=O) groups is 2. The third-order valence-corrected chi connectivity index (χ3v) is 5.95. The number of alkyl halides is 7. The van der Waals surface area contributed by atoms with Crippen LogP contribution in [-0.4, -0.2) is 82.3 Å². The molecule has 0 aliphatic heterocycles. The smallest absolute Gasteiger partial charge is 0.458 e. The van der Waals surface area contributed by atoms with Crippen molar-refractivity contribution in [1.29, 1.82) is 0 Å². The molecule has 0 aromatic carbocycles. The lowest BCUT2D eigenvalue weighted by Gasteiger charge is -2.33. The minimum absolute atomic E-state index is 0.0760. The Morgan fingerprint density at radius 2 is 1.08 bits per heavy atom. The maximum absolute atomic E-state index is 14.9. The number of esters is 2. The zero-order chi connectivity index (χ0) is 40.3. The summed E-state index contributed by atoms with van der Waals surface area (Å²) in [6.45, 7) is 1.40. The van der Waals surface area contributed by atoms with Crippen LogP contribution in [0.25, 0.3) is 0 Å². The summed E-state index contributed by atoms with van der Waals surface area (Å²) in [6, 6.07) is 0. The average molecular weight is 789 g/mol. The molecule has 298 valence electrons. The van der Waals surface area contributed by atoms with E-state index in [9.17, 15) is 75.4 Å². The van der Waals surface area contributed by atoms with Gasteiger partial charge in [0.15, 0.2) is 29.4 Å². The molecule has 52 heavy (non-hydrogen) atoms. The highest BCUT2D eigenvalue weighted by atomic mass is 19.4. The quantitative estimate of drug-likeness (QED) is 0.0300. The Morgan fingerprint density at radius 1 is 0.596 bits per heavy atom. The van der Waals surface area contributed by atoms with Gasteiger partial charge in [-0.2, -0.15) is 26.3 Å². The largest absolute Gasteiger partial charge is 0.460 e. The Balaban J connectivity index is 5.20. The monoisotopic (exact) mass is 788 g/mol. The van der Waals surface area contributed by atoms with Gasteiger partial charge >= 0.3 is 29.9 Å². The second-order valence-electron chi connectivity index (χ2n) is 9.80. The van der Waals surface area contributed by atoms with E-state index in [1.165, 1.54) is 0 Å². The van der Waals surface area contributed by atoms with Gasteiger partial charge in [-0.1, -0.05) is 26.0 Å². The molecule has 0 heterocycles. The van der Waals surface area contributed by atoms with Crippen LogP contribution in [0.5, 0.6) is 0 Å². The maximum atomic E-state index is 14.9. The van der Waals surface area contributed by atoms with E-state index in [0.717, 1.165) is 12.2 Å². The zero-order valence-corrected chi connectivity index (χ0v) is 26.7. The number of halogens is 15. The first-order chi connectivity index (χ1) is 24.1. The molecule has 0 saturated carbocycles. The number of unbranched alkanes of at least 4 members (excludes halogenated alkanes) is 3. The first-order valence-electron chi connectivity index (χ1n) is 14.5. The molecule has 0 spiro atoms. The van der Waals surface area contributed by atoms with Gasteiger partial charge in [-0.25, -0.2) is 49.1 Å². The molecule has 0 aromatic rings. The van der Waals surface area contributed by atoms with Crippen molar-refractivity contribution in [2.24, 2.45) is 0 Å². The highest BCUT2D eigenvalue weighted by Gasteiger charge is 2.75. The molecule has 2 unspecified atom stereocenters. The molecule has 0 bridgehead atoms. The lowest BCUT2D eigenvalue weighted by Crippen LogP contribution is -2.56. The molecule has 0 aromatic heterocycles. The Hall–Kier alpha value is -3.79. The fourth-order valence-electron chi connectivity index (χ4n) is 3.29. The predicted octanol–water partition coefficient (Wildman–Crippen LogP) is 9.25. The normalized spacial score (nSPS) is 16.1. The van der Waals surface area contributed by atoms with Gasteiger partial charge in [-0.3, -0.25) is 0 Å². The molecule has 0 N–H and O–H groups in total. The minimum Gasteiger partial charge on any atom is -0.458 e. The van der Waals surface area contributed by atoms with Crippen LogP contribution < -0.4 is 0 Å². The summed E-state index contributed by atoms with van der Waals surface area (Å²) in [5, 5.41) is 0.